The first-order valence-corrected chi connectivity index (χ1v) is 6.90. The molecule has 0 heterocycles. The van der Waals surface area contributed by atoms with E-state index in [1.807, 2.05) is 6.92 Å². The molecule has 0 atom stereocenters. The summed E-state index contributed by atoms with van der Waals surface area (Å²) in [5.74, 6) is -0.0131. The van der Waals surface area contributed by atoms with Gasteiger partial charge in [-0.05, 0) is 42.9 Å². The molecule has 0 saturated heterocycles. The molecular formula is C16H22O3. The molecule has 0 spiro atoms. The summed E-state index contributed by atoms with van der Waals surface area (Å²) in [6.07, 6.45) is 5.89. The Balaban J connectivity index is 2.55. The largest absolute Gasteiger partial charge is 0.496 e. The molecule has 0 aliphatic heterocycles. The molecule has 0 bridgehead atoms. The Hall–Kier alpha value is -1.51. The van der Waals surface area contributed by atoms with E-state index in [9.17, 15) is 9.90 Å². The molecule has 0 radical (unpaired) electrons. The number of aryl methyl sites for hydroxylation is 1. The highest BCUT2D eigenvalue weighted by Crippen LogP contribution is 2.44. The summed E-state index contributed by atoms with van der Waals surface area (Å²) in [6.45, 7) is 4.15. The summed E-state index contributed by atoms with van der Waals surface area (Å²) in [5.41, 5.74) is 2.37. The fourth-order valence-corrected chi connectivity index (χ4v) is 3.22. The van der Waals surface area contributed by atoms with Gasteiger partial charge in [-0.25, -0.2) is 4.79 Å². The number of hydrogen-bond acceptors (Lipinski definition) is 2. The van der Waals surface area contributed by atoms with Crippen molar-refractivity contribution in [3.8, 4) is 5.75 Å². The maximum Gasteiger partial charge on any atom is 0.335 e. The number of aromatic carboxylic acids is 1. The van der Waals surface area contributed by atoms with Gasteiger partial charge in [0.25, 0.3) is 0 Å². The zero-order valence-electron chi connectivity index (χ0n) is 12.0. The monoisotopic (exact) mass is 262 g/mol. The van der Waals surface area contributed by atoms with Gasteiger partial charge in [-0.1, -0.05) is 26.2 Å². The van der Waals surface area contributed by atoms with Gasteiger partial charge in [-0.3, -0.25) is 0 Å². The van der Waals surface area contributed by atoms with Gasteiger partial charge in [0.05, 0.1) is 12.7 Å². The van der Waals surface area contributed by atoms with Crippen LogP contribution in [-0.4, -0.2) is 18.2 Å². The maximum absolute atomic E-state index is 11.3. The molecule has 1 aromatic carbocycles. The summed E-state index contributed by atoms with van der Waals surface area (Å²) in [5, 5.41) is 9.24. The van der Waals surface area contributed by atoms with Crippen molar-refractivity contribution in [2.45, 2.75) is 51.4 Å². The third kappa shape index (κ3) is 2.60. The number of rotatable bonds is 3. The molecule has 0 amide bonds. The molecule has 1 N–H and O–H groups in total. The molecule has 2 rings (SSSR count). The minimum absolute atomic E-state index is 0.0415. The molecule has 0 aromatic heterocycles. The van der Waals surface area contributed by atoms with E-state index in [0.29, 0.717) is 5.56 Å². The molecular weight excluding hydrogens is 240 g/mol. The first-order valence-electron chi connectivity index (χ1n) is 6.90. The Morgan fingerprint density at radius 1 is 1.26 bits per heavy atom. The number of methoxy groups -OCH3 is 1. The summed E-state index contributed by atoms with van der Waals surface area (Å²) in [6, 6.07) is 3.50. The van der Waals surface area contributed by atoms with E-state index in [1.165, 1.54) is 19.3 Å². The zero-order chi connectivity index (χ0) is 14.0. The quantitative estimate of drug-likeness (QED) is 0.898. The predicted octanol–water partition coefficient (Wildman–Crippen LogP) is 3.92. The zero-order valence-corrected chi connectivity index (χ0v) is 12.0. The summed E-state index contributed by atoms with van der Waals surface area (Å²) >= 11 is 0. The number of carboxylic acids is 1. The number of carboxylic acid groups (broad SMARTS) is 1. The van der Waals surface area contributed by atoms with Gasteiger partial charge in [0.15, 0.2) is 0 Å². The molecule has 1 saturated carbocycles. The third-order valence-corrected chi connectivity index (χ3v) is 4.33. The van der Waals surface area contributed by atoms with Crippen LogP contribution in [0.4, 0.5) is 0 Å². The molecule has 104 valence electrons. The second-order valence-corrected chi connectivity index (χ2v) is 5.80. The minimum atomic E-state index is -0.869. The van der Waals surface area contributed by atoms with Crippen LogP contribution < -0.4 is 4.74 Å². The number of hydrogen-bond donors (Lipinski definition) is 1. The Bertz CT molecular complexity index is 485. The van der Waals surface area contributed by atoms with E-state index in [0.717, 1.165) is 29.7 Å². The van der Waals surface area contributed by atoms with Gasteiger partial charge < -0.3 is 9.84 Å². The lowest BCUT2D eigenvalue weighted by Gasteiger charge is -2.35. The van der Waals surface area contributed by atoms with Crippen molar-refractivity contribution in [2.75, 3.05) is 7.11 Å². The second kappa shape index (κ2) is 5.24. The number of ether oxygens (including phenoxy) is 1. The highest BCUT2D eigenvalue weighted by molar-refractivity contribution is 5.88. The molecule has 3 heteroatoms. The van der Waals surface area contributed by atoms with Gasteiger partial charge >= 0.3 is 5.97 Å². The lowest BCUT2D eigenvalue weighted by Crippen LogP contribution is -2.26. The van der Waals surface area contributed by atoms with Crippen LogP contribution in [0, 0.1) is 6.92 Å². The molecule has 1 aliphatic rings. The normalized spacial score (nSPS) is 18.1. The SMILES string of the molecule is COc1c(C)cc(C(=O)O)cc1C1(C)CCCCC1. The molecule has 1 aliphatic carbocycles. The first kappa shape index (κ1) is 13.9. The smallest absolute Gasteiger partial charge is 0.335 e. The van der Waals surface area contributed by atoms with Gasteiger partial charge in [0, 0.05) is 5.56 Å². The lowest BCUT2D eigenvalue weighted by molar-refractivity contribution is 0.0696. The van der Waals surface area contributed by atoms with Crippen molar-refractivity contribution in [2.24, 2.45) is 0 Å². The average molecular weight is 262 g/mol. The van der Waals surface area contributed by atoms with Crippen molar-refractivity contribution in [1.29, 1.82) is 0 Å². The standard InChI is InChI=1S/C16H22O3/c1-11-9-12(15(17)18)10-13(14(11)19-3)16(2)7-5-4-6-8-16/h9-10H,4-8H2,1-3H3,(H,17,18). The summed E-state index contributed by atoms with van der Waals surface area (Å²) in [4.78, 5) is 11.3. The van der Waals surface area contributed by atoms with Crippen molar-refractivity contribution in [1.82, 2.24) is 0 Å². The van der Waals surface area contributed by atoms with Crippen molar-refractivity contribution in [3.05, 3.63) is 28.8 Å². The Morgan fingerprint density at radius 3 is 2.42 bits per heavy atom. The van der Waals surface area contributed by atoms with Crippen LogP contribution in [-0.2, 0) is 5.41 Å². The predicted molar refractivity (Wildman–Crippen MR) is 75.1 cm³/mol. The third-order valence-electron chi connectivity index (χ3n) is 4.33. The van der Waals surface area contributed by atoms with Crippen LogP contribution in [0.1, 0.15) is 60.5 Å². The van der Waals surface area contributed by atoms with E-state index in [1.54, 1.807) is 19.2 Å². The first-order chi connectivity index (χ1) is 8.98. The molecule has 1 aromatic rings. The topological polar surface area (TPSA) is 46.5 Å². The lowest BCUT2D eigenvalue weighted by atomic mass is 9.70. The van der Waals surface area contributed by atoms with E-state index >= 15 is 0 Å². The fourth-order valence-electron chi connectivity index (χ4n) is 3.22. The van der Waals surface area contributed by atoms with Gasteiger partial charge in [-0.15, -0.1) is 0 Å². The summed E-state index contributed by atoms with van der Waals surface area (Å²) < 4.78 is 5.54. The van der Waals surface area contributed by atoms with E-state index in [-0.39, 0.29) is 5.41 Å². The molecule has 19 heavy (non-hydrogen) atoms. The van der Waals surface area contributed by atoms with Gasteiger partial charge in [0.2, 0.25) is 0 Å². The Morgan fingerprint density at radius 2 is 1.89 bits per heavy atom. The van der Waals surface area contributed by atoms with E-state index in [2.05, 4.69) is 6.92 Å². The van der Waals surface area contributed by atoms with Crippen LogP contribution in [0.15, 0.2) is 12.1 Å². The van der Waals surface area contributed by atoms with Crippen LogP contribution in [0.3, 0.4) is 0 Å². The van der Waals surface area contributed by atoms with Crippen LogP contribution in [0.5, 0.6) is 5.75 Å². The molecule has 3 nitrogen and oxygen atoms in total. The molecule has 0 unspecified atom stereocenters. The van der Waals surface area contributed by atoms with Gasteiger partial charge in [0.1, 0.15) is 5.75 Å². The second-order valence-electron chi connectivity index (χ2n) is 5.80. The van der Waals surface area contributed by atoms with Crippen LogP contribution in [0.2, 0.25) is 0 Å². The minimum Gasteiger partial charge on any atom is -0.496 e. The van der Waals surface area contributed by atoms with E-state index in [4.69, 9.17) is 4.74 Å². The number of benzene rings is 1. The fraction of sp³-hybridized carbons (Fsp3) is 0.562. The molecule has 1 fully saturated rings. The van der Waals surface area contributed by atoms with Gasteiger partial charge in [-0.2, -0.15) is 0 Å². The van der Waals surface area contributed by atoms with E-state index < -0.39 is 5.97 Å². The summed E-state index contributed by atoms with van der Waals surface area (Å²) in [7, 11) is 1.67. The Labute approximate surface area is 114 Å². The van der Waals surface area contributed by atoms with Crippen molar-refractivity contribution < 1.29 is 14.6 Å². The maximum atomic E-state index is 11.3. The van der Waals surface area contributed by atoms with Crippen LogP contribution in [0.25, 0.3) is 0 Å². The van der Waals surface area contributed by atoms with Crippen molar-refractivity contribution in [3.63, 3.8) is 0 Å². The van der Waals surface area contributed by atoms with Crippen LogP contribution >= 0.6 is 0 Å². The average Bonchev–Trinajstić information content (AvgIpc) is 2.38. The highest BCUT2D eigenvalue weighted by Gasteiger charge is 2.32. The Kier molecular flexibility index (Phi) is 3.83. The number of carbonyl (C=O) groups is 1. The highest BCUT2D eigenvalue weighted by atomic mass is 16.5. The van der Waals surface area contributed by atoms with Crippen molar-refractivity contribution >= 4 is 5.97 Å².